The Labute approximate surface area is 256 Å². The van der Waals surface area contributed by atoms with Gasteiger partial charge in [0.2, 0.25) is 11.8 Å². The largest absolute Gasteiger partial charge is 0.507 e. The van der Waals surface area contributed by atoms with Crippen molar-refractivity contribution in [3.05, 3.63) is 93.1 Å². The molecule has 0 saturated carbocycles. The topological polar surface area (TPSA) is 130 Å². The number of amides is 2. The fourth-order valence-corrected chi connectivity index (χ4v) is 7.38. The number of anilines is 1. The Balaban J connectivity index is 1.29. The highest BCUT2D eigenvalue weighted by atomic mass is 16.6. The van der Waals surface area contributed by atoms with Crippen LogP contribution in [0.2, 0.25) is 6.32 Å². The summed E-state index contributed by atoms with van der Waals surface area (Å²) in [4.78, 5) is 39.6. The molecule has 2 saturated heterocycles. The van der Waals surface area contributed by atoms with Gasteiger partial charge in [0.15, 0.2) is 0 Å². The second-order valence-electron chi connectivity index (χ2n) is 12.4. The maximum Gasteiger partial charge on any atom is 0.455 e. The molecule has 0 aromatic heterocycles. The van der Waals surface area contributed by atoms with Crippen molar-refractivity contribution in [3.63, 3.8) is 0 Å². The van der Waals surface area contributed by atoms with Crippen LogP contribution in [-0.2, 0) is 14.2 Å². The number of aromatic hydroxyl groups is 1. The number of fused-ring (bicyclic) bond motifs is 4. The van der Waals surface area contributed by atoms with Gasteiger partial charge in [0.05, 0.1) is 28.6 Å². The smallest absolute Gasteiger partial charge is 0.455 e. The number of rotatable bonds is 7. The molecule has 10 heteroatoms. The molecule has 9 nitrogen and oxygen atoms in total. The van der Waals surface area contributed by atoms with Gasteiger partial charge in [0.25, 0.3) is 5.69 Å². The molecule has 3 aliphatic rings. The second kappa shape index (κ2) is 11.7. The molecular formula is C34H35BN2O7. The Morgan fingerprint density at radius 3 is 2.57 bits per heavy atom. The Morgan fingerprint density at radius 1 is 1.09 bits per heavy atom. The number of hydrogen-bond acceptors (Lipinski definition) is 7. The quantitative estimate of drug-likeness (QED) is 0.108. The van der Waals surface area contributed by atoms with Crippen LogP contribution in [0.15, 0.2) is 77.4 Å². The van der Waals surface area contributed by atoms with Crippen LogP contribution in [0.4, 0.5) is 11.4 Å². The molecule has 2 heterocycles. The zero-order valence-corrected chi connectivity index (χ0v) is 25.0. The zero-order valence-electron chi connectivity index (χ0n) is 25.0. The van der Waals surface area contributed by atoms with E-state index in [9.17, 15) is 29.8 Å². The van der Waals surface area contributed by atoms with Gasteiger partial charge in [-0.25, -0.2) is 4.90 Å². The lowest BCUT2D eigenvalue weighted by Gasteiger charge is -2.44. The van der Waals surface area contributed by atoms with Crippen LogP contribution in [0.3, 0.4) is 0 Å². The summed E-state index contributed by atoms with van der Waals surface area (Å²) in [5.41, 5.74) is 4.20. The lowest BCUT2D eigenvalue weighted by molar-refractivity contribution is -0.384. The van der Waals surface area contributed by atoms with Crippen molar-refractivity contribution < 1.29 is 29.3 Å². The van der Waals surface area contributed by atoms with E-state index in [1.807, 2.05) is 37.3 Å². The van der Waals surface area contributed by atoms with Gasteiger partial charge >= 0.3 is 7.12 Å². The highest BCUT2D eigenvalue weighted by Crippen LogP contribution is 2.52. The van der Waals surface area contributed by atoms with Crippen molar-refractivity contribution >= 4 is 47.2 Å². The van der Waals surface area contributed by atoms with Gasteiger partial charge in [-0.05, 0) is 73.0 Å². The predicted molar refractivity (Wildman–Crippen MR) is 169 cm³/mol. The summed E-state index contributed by atoms with van der Waals surface area (Å²) >= 11 is 0. The van der Waals surface area contributed by atoms with E-state index < -0.39 is 30.0 Å². The Kier molecular flexibility index (Phi) is 7.90. The van der Waals surface area contributed by atoms with Crippen LogP contribution in [-0.4, -0.2) is 40.1 Å². The van der Waals surface area contributed by atoms with Crippen molar-refractivity contribution in [2.75, 3.05) is 4.90 Å². The number of phenolic OH excluding ortho intramolecular Hbond substituents is 1. The third-order valence-electron chi connectivity index (χ3n) is 9.38. The average molecular weight is 594 g/mol. The van der Waals surface area contributed by atoms with Crippen LogP contribution >= 0.6 is 0 Å². The highest BCUT2D eigenvalue weighted by Gasteiger charge is 2.57. The van der Waals surface area contributed by atoms with Crippen LogP contribution in [0.1, 0.15) is 45.6 Å². The highest BCUT2D eigenvalue weighted by molar-refractivity contribution is 6.43. The number of phenols is 1. The number of nitrogens with zero attached hydrogens (tertiary/aromatic N) is 2. The molecule has 0 unspecified atom stereocenters. The maximum absolute atomic E-state index is 13.9. The van der Waals surface area contributed by atoms with Gasteiger partial charge < -0.3 is 14.8 Å². The summed E-state index contributed by atoms with van der Waals surface area (Å²) in [6.45, 7) is 6.19. The van der Waals surface area contributed by atoms with E-state index >= 15 is 0 Å². The molecule has 2 aliphatic heterocycles. The first-order valence-corrected chi connectivity index (χ1v) is 15.1. The number of benzene rings is 3. The first kappa shape index (κ1) is 29.8. The summed E-state index contributed by atoms with van der Waals surface area (Å²) in [6, 6.07) is 16.9. The molecule has 44 heavy (non-hydrogen) atoms. The van der Waals surface area contributed by atoms with Crippen LogP contribution in [0.5, 0.6) is 5.75 Å². The molecule has 2 fully saturated rings. The number of carbonyl (C=O) groups is 2. The number of carbonyl (C=O) groups excluding carboxylic acids is 2. The molecule has 2 N–H and O–H groups in total. The van der Waals surface area contributed by atoms with Gasteiger partial charge in [-0.2, -0.15) is 0 Å². The van der Waals surface area contributed by atoms with E-state index in [2.05, 4.69) is 19.9 Å². The number of non-ortho nitro benzene ring substituents is 1. The van der Waals surface area contributed by atoms with Gasteiger partial charge in [-0.15, -0.1) is 0 Å². The predicted octanol–water partition coefficient (Wildman–Crippen LogP) is 6.29. The monoisotopic (exact) mass is 594 g/mol. The van der Waals surface area contributed by atoms with Crippen molar-refractivity contribution in [2.24, 2.45) is 23.7 Å². The number of allylic oxidation sites excluding steroid dienone is 2. The molecule has 2 amide bonds. The molecule has 0 bridgehead atoms. The minimum absolute atomic E-state index is 0.101. The van der Waals surface area contributed by atoms with Crippen molar-refractivity contribution in [2.45, 2.75) is 52.5 Å². The van der Waals surface area contributed by atoms with Gasteiger partial charge in [-0.3, -0.25) is 19.7 Å². The van der Waals surface area contributed by atoms with Crippen molar-refractivity contribution in [1.82, 2.24) is 0 Å². The number of nitro groups is 1. The fourth-order valence-electron chi connectivity index (χ4n) is 7.38. The fraction of sp³-hybridized carbons (Fsp3) is 0.353. The lowest BCUT2D eigenvalue weighted by Crippen LogP contribution is -2.46. The second-order valence-corrected chi connectivity index (χ2v) is 12.4. The van der Waals surface area contributed by atoms with Gasteiger partial charge in [0, 0.05) is 17.5 Å². The summed E-state index contributed by atoms with van der Waals surface area (Å²) in [5.74, 6) is -2.03. The van der Waals surface area contributed by atoms with Crippen LogP contribution < -0.4 is 4.90 Å². The zero-order chi connectivity index (χ0) is 31.3. The number of hydrogen-bond donors (Lipinski definition) is 2. The normalized spacial score (nSPS) is 23.9. The van der Waals surface area contributed by atoms with Gasteiger partial charge in [0.1, 0.15) is 5.75 Å². The van der Waals surface area contributed by atoms with E-state index in [1.54, 1.807) is 12.1 Å². The molecular weight excluding hydrogens is 559 g/mol. The number of nitro benzene ring substituents is 1. The van der Waals surface area contributed by atoms with E-state index in [-0.39, 0.29) is 47.1 Å². The van der Waals surface area contributed by atoms with Crippen LogP contribution in [0.25, 0.3) is 16.8 Å². The molecule has 226 valence electrons. The third-order valence-corrected chi connectivity index (χ3v) is 9.38. The summed E-state index contributed by atoms with van der Waals surface area (Å²) in [6.07, 6.45) is 3.56. The molecule has 6 rings (SSSR count). The Bertz CT molecular complexity index is 1730. The number of imide groups is 1. The maximum atomic E-state index is 13.9. The van der Waals surface area contributed by atoms with E-state index in [4.69, 9.17) is 4.65 Å². The minimum Gasteiger partial charge on any atom is -0.507 e. The first-order chi connectivity index (χ1) is 21.0. The summed E-state index contributed by atoms with van der Waals surface area (Å²) < 4.78 is 6.14. The SMILES string of the molecule is C/C(=C\c1ccc(O)c2ccccc12)CC[C@H]1OB(O)C[C@H]2C1=C(C(C)C)C[C@H]1C(=O)N(c3cccc([N+](=O)[O-])c3)C(=O)[C@H]12. The Morgan fingerprint density at radius 2 is 1.84 bits per heavy atom. The summed E-state index contributed by atoms with van der Waals surface area (Å²) in [7, 11) is -1.08. The Hall–Kier alpha value is -4.28. The van der Waals surface area contributed by atoms with E-state index in [0.717, 1.165) is 38.0 Å². The lowest BCUT2D eigenvalue weighted by atomic mass is 9.57. The molecule has 4 atom stereocenters. The molecule has 3 aromatic rings. The first-order valence-electron chi connectivity index (χ1n) is 15.1. The van der Waals surface area contributed by atoms with E-state index in [0.29, 0.717) is 19.3 Å². The molecule has 1 aliphatic carbocycles. The molecule has 3 aromatic carbocycles. The average Bonchev–Trinajstić information content (AvgIpc) is 3.26. The van der Waals surface area contributed by atoms with E-state index in [1.165, 1.54) is 18.2 Å². The third kappa shape index (κ3) is 5.22. The molecule has 0 spiro atoms. The standard InChI is InChI=1S/C34H35BN2O7/c1-19(2)26-17-27-32(34(40)36(33(27)39)22-7-6-8-23(16-22)37(42)43)28-18-35(41)44-30(31(26)28)14-11-20(3)15-21-12-13-29(38)25-10-5-4-9-24(21)25/h4-10,12-13,15-16,19,27-28,30,32,38,41H,11,14,17-18H2,1-3H3/b20-15+/t27-,28+,30-,32-/m1/s1. The van der Waals surface area contributed by atoms with Crippen molar-refractivity contribution in [1.29, 1.82) is 0 Å². The van der Waals surface area contributed by atoms with Gasteiger partial charge in [-0.1, -0.05) is 67.5 Å². The van der Waals surface area contributed by atoms with Crippen LogP contribution in [0, 0.1) is 33.8 Å². The van der Waals surface area contributed by atoms with Crippen molar-refractivity contribution in [3.8, 4) is 5.75 Å². The molecule has 0 radical (unpaired) electrons. The minimum atomic E-state index is -1.08. The summed E-state index contributed by atoms with van der Waals surface area (Å²) in [5, 5.41) is 34.3.